The normalized spacial score (nSPS) is 19.0. The summed E-state index contributed by atoms with van der Waals surface area (Å²) in [5, 5.41) is -13.4. The van der Waals surface area contributed by atoms with Crippen LogP contribution in [0, 0.1) is 0 Å². The van der Waals surface area contributed by atoms with Crippen molar-refractivity contribution in [3.8, 4) is 0 Å². The molecule has 236 valence electrons. The molecule has 0 spiro atoms. The van der Waals surface area contributed by atoms with E-state index in [0.717, 1.165) is 31.7 Å². The summed E-state index contributed by atoms with van der Waals surface area (Å²) in [7, 11) is -12.7. The number of halogens is 6. The van der Waals surface area contributed by atoms with Crippen molar-refractivity contribution in [2.24, 2.45) is 0 Å². The first-order valence-corrected chi connectivity index (χ1v) is 15.2. The molecule has 18 heteroatoms. The van der Waals surface area contributed by atoms with Crippen LogP contribution in [-0.2, 0) is 30.2 Å². The molecule has 0 unspecified atom stereocenters. The molecule has 2 aliphatic rings. The Labute approximate surface area is 238 Å². The number of nitrogens with one attached hydrogen (secondary N) is 1. The zero-order valence-electron chi connectivity index (χ0n) is 22.2. The third-order valence-corrected chi connectivity index (χ3v) is 9.33. The fraction of sp³-hybridized carbons (Fsp3) is 0.625. The number of thiol groups is 1. The van der Waals surface area contributed by atoms with E-state index in [-0.39, 0.29) is 0 Å². The van der Waals surface area contributed by atoms with Crippen LogP contribution in [-0.4, -0.2) is 62.3 Å². The van der Waals surface area contributed by atoms with E-state index in [9.17, 15) is 57.6 Å². The number of hydrogen-bond acceptors (Lipinski definition) is 9. The number of rotatable bonds is 10. The minimum Gasteiger partial charge on any atom is -0.456 e. The fourth-order valence-corrected chi connectivity index (χ4v) is 6.11. The van der Waals surface area contributed by atoms with Gasteiger partial charge < -0.3 is 9.47 Å². The van der Waals surface area contributed by atoms with Gasteiger partial charge in [0.25, 0.3) is 5.91 Å². The number of alkyl halides is 6. The lowest BCUT2D eigenvalue weighted by Crippen LogP contribution is -2.61. The van der Waals surface area contributed by atoms with E-state index < -0.39 is 82.9 Å². The van der Waals surface area contributed by atoms with Gasteiger partial charge in [0.15, 0.2) is 0 Å². The van der Waals surface area contributed by atoms with Crippen LogP contribution in [0.5, 0.6) is 0 Å². The highest BCUT2D eigenvalue weighted by Crippen LogP contribution is 2.48. The standard InChI is InChI=1S/C24H27F6NO9S2/c1-20(7-3-4-8-20)39-18(33)15-11-14(12-16(13-15)19(34)40-21(2)9-5-6-10-21)17(32)31-42(37,38)24(29,30)22(25,26)23(27,28)41(35)36/h11-13,41H,3-10H2,1-2H3,(H,31,32). The van der Waals surface area contributed by atoms with Gasteiger partial charge in [-0.15, -0.1) is 0 Å². The highest BCUT2D eigenvalue weighted by atomic mass is 32.2. The minimum absolute atomic E-state index is 0.466. The molecule has 1 amide bonds. The Morgan fingerprint density at radius 2 is 1.12 bits per heavy atom. The molecule has 2 aliphatic carbocycles. The predicted octanol–water partition coefficient (Wildman–Crippen LogP) is 4.16. The smallest absolute Gasteiger partial charge is 0.433 e. The van der Waals surface area contributed by atoms with Gasteiger partial charge in [-0.25, -0.2) is 22.7 Å². The maximum Gasteiger partial charge on any atom is 0.433 e. The van der Waals surface area contributed by atoms with E-state index in [0.29, 0.717) is 42.5 Å². The molecule has 2 saturated carbocycles. The first-order valence-electron chi connectivity index (χ1n) is 12.5. The molecule has 0 aromatic heterocycles. The van der Waals surface area contributed by atoms with Gasteiger partial charge in [-0.2, -0.15) is 34.8 Å². The molecule has 0 bridgehead atoms. The summed E-state index contributed by atoms with van der Waals surface area (Å²) >= 11 is 0. The van der Waals surface area contributed by atoms with Gasteiger partial charge in [0.1, 0.15) is 11.2 Å². The first-order chi connectivity index (χ1) is 19.1. The maximum atomic E-state index is 14.2. The third-order valence-electron chi connectivity index (χ3n) is 7.20. The molecule has 1 aromatic rings. The number of carbonyl (C=O) groups excluding carboxylic acids is 3. The Kier molecular flexibility index (Phi) is 9.05. The van der Waals surface area contributed by atoms with E-state index in [1.807, 2.05) is 0 Å². The van der Waals surface area contributed by atoms with E-state index in [1.54, 1.807) is 13.8 Å². The maximum absolute atomic E-state index is 14.2. The van der Waals surface area contributed by atoms with E-state index >= 15 is 0 Å². The molecule has 42 heavy (non-hydrogen) atoms. The second-order valence-electron chi connectivity index (χ2n) is 10.7. The van der Waals surface area contributed by atoms with E-state index in [2.05, 4.69) is 0 Å². The van der Waals surface area contributed by atoms with Crippen molar-refractivity contribution in [3.63, 3.8) is 0 Å². The van der Waals surface area contributed by atoms with Crippen LogP contribution in [0.2, 0.25) is 0 Å². The summed E-state index contributed by atoms with van der Waals surface area (Å²) in [4.78, 5) is 38.6. The lowest BCUT2D eigenvalue weighted by molar-refractivity contribution is -0.242. The van der Waals surface area contributed by atoms with Crippen molar-refractivity contribution in [3.05, 3.63) is 34.9 Å². The quantitative estimate of drug-likeness (QED) is 0.216. The van der Waals surface area contributed by atoms with Crippen molar-refractivity contribution < 1.29 is 67.0 Å². The van der Waals surface area contributed by atoms with Gasteiger partial charge in [0.05, 0.1) is 11.1 Å². The number of hydrogen-bond donors (Lipinski definition) is 2. The molecule has 0 heterocycles. The summed E-state index contributed by atoms with van der Waals surface area (Å²) in [5.41, 5.74) is -3.96. The summed E-state index contributed by atoms with van der Waals surface area (Å²) in [6.07, 6.45) is 4.75. The summed E-state index contributed by atoms with van der Waals surface area (Å²) in [5.74, 6) is -11.4. The van der Waals surface area contributed by atoms with Crippen molar-refractivity contribution in [1.29, 1.82) is 0 Å². The topological polar surface area (TPSA) is 150 Å². The van der Waals surface area contributed by atoms with Gasteiger partial charge >= 0.3 is 38.4 Å². The van der Waals surface area contributed by atoms with Crippen molar-refractivity contribution in [1.82, 2.24) is 4.72 Å². The van der Waals surface area contributed by atoms with Crippen LogP contribution in [0.3, 0.4) is 0 Å². The SMILES string of the molecule is CC1(OC(=O)c2cc(C(=O)NS(=O)(=O)C(F)(F)C(F)(F)C(F)(F)[SH](=O)=O)cc(C(=O)OC3(C)CCCC3)c2)CCCC1. The van der Waals surface area contributed by atoms with Crippen LogP contribution in [0.4, 0.5) is 26.3 Å². The Hall–Kier alpha value is -2.89. The molecule has 0 radical (unpaired) electrons. The second kappa shape index (κ2) is 11.3. The van der Waals surface area contributed by atoms with Crippen LogP contribution in [0.1, 0.15) is 96.3 Å². The van der Waals surface area contributed by atoms with E-state index in [1.165, 1.54) is 0 Å². The number of sulfonamides is 1. The zero-order valence-corrected chi connectivity index (χ0v) is 23.9. The summed E-state index contributed by atoms with van der Waals surface area (Å²) < 4.78 is 139. The largest absolute Gasteiger partial charge is 0.456 e. The number of esters is 2. The van der Waals surface area contributed by atoms with E-state index in [4.69, 9.17) is 9.47 Å². The number of carbonyl (C=O) groups is 3. The molecular weight excluding hydrogens is 624 g/mol. The molecule has 3 rings (SSSR count). The average Bonchev–Trinajstić information content (AvgIpc) is 3.50. The Balaban J connectivity index is 2.00. The third kappa shape index (κ3) is 6.38. The zero-order chi connectivity index (χ0) is 31.9. The van der Waals surface area contributed by atoms with Crippen molar-refractivity contribution >= 4 is 38.6 Å². The van der Waals surface area contributed by atoms with Crippen LogP contribution < -0.4 is 4.72 Å². The molecule has 0 atom stereocenters. The molecule has 0 saturated heterocycles. The number of ether oxygens (including phenoxy) is 2. The van der Waals surface area contributed by atoms with Gasteiger partial charge in [-0.3, -0.25) is 4.79 Å². The Morgan fingerprint density at radius 1 is 0.762 bits per heavy atom. The summed E-state index contributed by atoms with van der Waals surface area (Å²) in [6, 6.07) is 2.15. The number of amides is 1. The molecule has 1 aromatic carbocycles. The lowest BCUT2D eigenvalue weighted by atomic mass is 10.0. The van der Waals surface area contributed by atoms with Gasteiger partial charge in [-0.1, -0.05) is 0 Å². The second-order valence-corrected chi connectivity index (χ2v) is 13.5. The lowest BCUT2D eigenvalue weighted by Gasteiger charge is -2.29. The fourth-order valence-electron chi connectivity index (χ4n) is 4.71. The monoisotopic (exact) mass is 651 g/mol. The van der Waals surface area contributed by atoms with Crippen molar-refractivity contribution in [2.45, 2.75) is 92.8 Å². The molecule has 10 nitrogen and oxygen atoms in total. The predicted molar refractivity (Wildman–Crippen MR) is 133 cm³/mol. The Bertz CT molecular complexity index is 1390. The minimum atomic E-state index is -7.07. The van der Waals surface area contributed by atoms with Gasteiger partial charge in [0.2, 0.25) is 10.7 Å². The average molecular weight is 652 g/mol. The highest BCUT2D eigenvalue weighted by Gasteiger charge is 2.79. The molecular formula is C24H27F6NO9S2. The Morgan fingerprint density at radius 3 is 1.48 bits per heavy atom. The molecule has 2 fully saturated rings. The van der Waals surface area contributed by atoms with Crippen LogP contribution in [0.15, 0.2) is 18.2 Å². The van der Waals surface area contributed by atoms with Gasteiger partial charge in [0, 0.05) is 5.56 Å². The highest BCUT2D eigenvalue weighted by molar-refractivity contribution is 7.91. The van der Waals surface area contributed by atoms with Crippen molar-refractivity contribution in [2.75, 3.05) is 0 Å². The first kappa shape index (κ1) is 33.6. The van der Waals surface area contributed by atoms with Gasteiger partial charge in [-0.05, 0) is 83.4 Å². The van der Waals surface area contributed by atoms with Crippen LogP contribution in [0.25, 0.3) is 0 Å². The molecule has 0 aliphatic heterocycles. The summed E-state index contributed by atoms with van der Waals surface area (Å²) in [6.45, 7) is 3.23. The van der Waals surface area contributed by atoms with Crippen LogP contribution >= 0.6 is 0 Å². The number of benzene rings is 1. The molecule has 1 N–H and O–H groups in total.